The summed E-state index contributed by atoms with van der Waals surface area (Å²) in [4.78, 5) is 12.9. The number of furan rings is 1. The summed E-state index contributed by atoms with van der Waals surface area (Å²) in [6.07, 6.45) is 5.50. The van der Waals surface area contributed by atoms with Crippen molar-refractivity contribution in [2.75, 3.05) is 11.9 Å². The lowest BCUT2D eigenvalue weighted by molar-refractivity contribution is -0.115. The standard InChI is InChI=1S/C25H30N2O4S/c1-4-21-7-5-6-12-27(21)32(29,30)22-10-8-20(9-11-22)26-24(28)15-19-16-31-23-14-17(2)13-18(3)25(19)23/h8-11,13-14,16,21H,4-7,12,15H2,1-3H3,(H,26,28). The molecule has 1 atom stereocenters. The quantitative estimate of drug-likeness (QED) is 0.556. The van der Waals surface area contributed by atoms with E-state index in [9.17, 15) is 13.2 Å². The van der Waals surface area contributed by atoms with Crippen molar-refractivity contribution < 1.29 is 17.6 Å². The van der Waals surface area contributed by atoms with Crippen LogP contribution in [0.5, 0.6) is 0 Å². The van der Waals surface area contributed by atoms with Gasteiger partial charge in [-0.15, -0.1) is 0 Å². The summed E-state index contributed by atoms with van der Waals surface area (Å²) < 4.78 is 33.5. The highest BCUT2D eigenvalue weighted by atomic mass is 32.2. The van der Waals surface area contributed by atoms with Crippen LogP contribution in [0.4, 0.5) is 5.69 Å². The molecule has 1 saturated heterocycles. The monoisotopic (exact) mass is 454 g/mol. The summed E-state index contributed by atoms with van der Waals surface area (Å²) in [5, 5.41) is 3.84. The fourth-order valence-electron chi connectivity index (χ4n) is 4.68. The summed E-state index contributed by atoms with van der Waals surface area (Å²) in [7, 11) is -3.53. The first kappa shape index (κ1) is 22.6. The van der Waals surface area contributed by atoms with Crippen molar-refractivity contribution in [2.45, 2.75) is 63.8 Å². The maximum Gasteiger partial charge on any atom is 0.243 e. The number of nitrogens with zero attached hydrogens (tertiary/aromatic N) is 1. The molecule has 0 radical (unpaired) electrons. The average molecular weight is 455 g/mol. The Morgan fingerprint density at radius 1 is 1.16 bits per heavy atom. The molecule has 0 spiro atoms. The van der Waals surface area contributed by atoms with Gasteiger partial charge in [-0.1, -0.05) is 19.4 Å². The SMILES string of the molecule is CCC1CCCCN1S(=O)(=O)c1ccc(NC(=O)Cc2coc3cc(C)cc(C)c23)cc1. The highest BCUT2D eigenvalue weighted by Crippen LogP contribution is 2.29. The lowest BCUT2D eigenvalue weighted by Gasteiger charge is -2.34. The normalized spacial score (nSPS) is 17.5. The van der Waals surface area contributed by atoms with Gasteiger partial charge in [0.25, 0.3) is 0 Å². The first-order valence-electron chi connectivity index (χ1n) is 11.2. The number of fused-ring (bicyclic) bond motifs is 1. The Labute approximate surface area is 189 Å². The molecular formula is C25H30N2O4S. The van der Waals surface area contributed by atoms with Crippen molar-refractivity contribution in [1.82, 2.24) is 4.31 Å². The highest BCUT2D eigenvalue weighted by molar-refractivity contribution is 7.89. The van der Waals surface area contributed by atoms with Crippen LogP contribution in [0.25, 0.3) is 11.0 Å². The molecule has 3 aromatic rings. The predicted octanol–water partition coefficient (Wildman–Crippen LogP) is 5.18. The van der Waals surface area contributed by atoms with Gasteiger partial charge >= 0.3 is 0 Å². The van der Waals surface area contributed by atoms with Gasteiger partial charge in [0.05, 0.1) is 17.6 Å². The van der Waals surface area contributed by atoms with Crippen molar-refractivity contribution >= 4 is 32.6 Å². The molecule has 7 heteroatoms. The van der Waals surface area contributed by atoms with Crippen molar-refractivity contribution in [2.24, 2.45) is 0 Å². The Bertz CT molecular complexity index is 1230. The number of carbonyl (C=O) groups excluding carboxylic acids is 1. The molecule has 2 heterocycles. The third kappa shape index (κ3) is 4.45. The number of amides is 1. The van der Waals surface area contributed by atoms with Crippen LogP contribution in [0.3, 0.4) is 0 Å². The summed E-state index contributed by atoms with van der Waals surface area (Å²) in [6, 6.07) is 10.6. The fraction of sp³-hybridized carbons (Fsp3) is 0.400. The van der Waals surface area contributed by atoms with Crippen LogP contribution >= 0.6 is 0 Å². The second-order valence-corrected chi connectivity index (χ2v) is 10.5. The van der Waals surface area contributed by atoms with E-state index in [1.807, 2.05) is 26.8 Å². The number of piperidine rings is 1. The van der Waals surface area contributed by atoms with Gasteiger partial charge in [-0.2, -0.15) is 4.31 Å². The van der Waals surface area contributed by atoms with Gasteiger partial charge in [0.1, 0.15) is 5.58 Å². The van der Waals surface area contributed by atoms with Crippen molar-refractivity contribution in [3.8, 4) is 0 Å². The molecule has 32 heavy (non-hydrogen) atoms. The van der Waals surface area contributed by atoms with E-state index in [1.165, 1.54) is 0 Å². The smallest absolute Gasteiger partial charge is 0.243 e. The molecule has 1 N–H and O–H groups in total. The van der Waals surface area contributed by atoms with E-state index in [2.05, 4.69) is 11.4 Å². The van der Waals surface area contributed by atoms with E-state index >= 15 is 0 Å². The van der Waals surface area contributed by atoms with E-state index in [4.69, 9.17) is 4.42 Å². The maximum atomic E-state index is 13.1. The molecule has 1 aliphatic heterocycles. The lowest BCUT2D eigenvalue weighted by atomic mass is 10.0. The summed E-state index contributed by atoms with van der Waals surface area (Å²) in [5.41, 5.74) is 4.38. The van der Waals surface area contributed by atoms with E-state index in [1.54, 1.807) is 34.8 Å². The molecule has 1 amide bonds. The van der Waals surface area contributed by atoms with Crippen LogP contribution in [-0.2, 0) is 21.2 Å². The summed E-state index contributed by atoms with van der Waals surface area (Å²) in [5.74, 6) is -0.176. The molecule has 170 valence electrons. The van der Waals surface area contributed by atoms with E-state index in [0.29, 0.717) is 12.2 Å². The van der Waals surface area contributed by atoms with Gasteiger partial charge < -0.3 is 9.73 Å². The van der Waals surface area contributed by atoms with Gasteiger partial charge in [0, 0.05) is 29.2 Å². The first-order valence-corrected chi connectivity index (χ1v) is 12.6. The van der Waals surface area contributed by atoms with Crippen molar-refractivity contribution in [3.05, 3.63) is 59.4 Å². The fourth-order valence-corrected chi connectivity index (χ4v) is 6.45. The number of rotatable bonds is 6. The number of carbonyl (C=O) groups is 1. The third-order valence-corrected chi connectivity index (χ3v) is 8.20. The zero-order chi connectivity index (χ0) is 22.9. The Balaban J connectivity index is 1.46. The van der Waals surface area contributed by atoms with Crippen LogP contribution in [0, 0.1) is 13.8 Å². The van der Waals surface area contributed by atoms with Crippen LogP contribution in [0.1, 0.15) is 49.3 Å². The number of hydrogen-bond donors (Lipinski definition) is 1. The molecule has 2 aromatic carbocycles. The van der Waals surface area contributed by atoms with Gasteiger partial charge in [-0.25, -0.2) is 8.42 Å². The molecule has 1 unspecified atom stereocenters. The Morgan fingerprint density at radius 2 is 1.91 bits per heavy atom. The number of nitrogens with one attached hydrogen (secondary N) is 1. The van der Waals surface area contributed by atoms with Crippen LogP contribution in [-0.4, -0.2) is 31.2 Å². The topological polar surface area (TPSA) is 79.6 Å². The largest absolute Gasteiger partial charge is 0.464 e. The highest BCUT2D eigenvalue weighted by Gasteiger charge is 2.32. The van der Waals surface area contributed by atoms with Crippen LogP contribution < -0.4 is 5.32 Å². The predicted molar refractivity (Wildman–Crippen MR) is 126 cm³/mol. The van der Waals surface area contributed by atoms with Gasteiger partial charge in [0.15, 0.2) is 0 Å². The summed E-state index contributed by atoms with van der Waals surface area (Å²) >= 11 is 0. The third-order valence-electron chi connectivity index (χ3n) is 6.23. The van der Waals surface area contributed by atoms with Crippen molar-refractivity contribution in [1.29, 1.82) is 0 Å². The van der Waals surface area contributed by atoms with E-state index in [0.717, 1.165) is 53.3 Å². The molecule has 0 aliphatic carbocycles. The second-order valence-electron chi connectivity index (χ2n) is 8.64. The molecule has 0 saturated carbocycles. The van der Waals surface area contributed by atoms with Gasteiger partial charge in [0.2, 0.25) is 15.9 Å². The maximum absolute atomic E-state index is 13.1. The zero-order valence-corrected chi connectivity index (χ0v) is 19.7. The number of anilines is 1. The molecular weight excluding hydrogens is 424 g/mol. The number of hydrogen-bond acceptors (Lipinski definition) is 4. The lowest BCUT2D eigenvalue weighted by Crippen LogP contribution is -2.43. The number of sulfonamides is 1. The number of benzene rings is 2. The molecule has 6 nitrogen and oxygen atoms in total. The average Bonchev–Trinajstić information content (AvgIpc) is 3.16. The van der Waals surface area contributed by atoms with Crippen LogP contribution in [0.2, 0.25) is 0 Å². The molecule has 1 fully saturated rings. The molecule has 4 rings (SSSR count). The minimum absolute atomic E-state index is 0.0603. The minimum atomic E-state index is -3.53. The van der Waals surface area contributed by atoms with E-state index in [-0.39, 0.29) is 23.3 Å². The van der Waals surface area contributed by atoms with Gasteiger partial charge in [-0.3, -0.25) is 4.79 Å². The van der Waals surface area contributed by atoms with Crippen LogP contribution in [0.15, 0.2) is 52.0 Å². The zero-order valence-electron chi connectivity index (χ0n) is 18.8. The Hall–Kier alpha value is -2.64. The second kappa shape index (κ2) is 9.08. The Morgan fingerprint density at radius 3 is 2.62 bits per heavy atom. The first-order chi connectivity index (χ1) is 15.3. The minimum Gasteiger partial charge on any atom is -0.464 e. The Kier molecular flexibility index (Phi) is 6.40. The van der Waals surface area contributed by atoms with E-state index < -0.39 is 10.0 Å². The summed E-state index contributed by atoms with van der Waals surface area (Å²) in [6.45, 7) is 6.62. The van der Waals surface area contributed by atoms with Crippen molar-refractivity contribution in [3.63, 3.8) is 0 Å². The molecule has 0 bridgehead atoms. The number of aryl methyl sites for hydroxylation is 2. The van der Waals surface area contributed by atoms with Gasteiger partial charge in [-0.05, 0) is 74.6 Å². The molecule has 1 aliphatic rings. The molecule has 1 aromatic heterocycles.